The van der Waals surface area contributed by atoms with Crippen LogP contribution in [0.2, 0.25) is 0 Å². The van der Waals surface area contributed by atoms with Crippen LogP contribution in [0, 0.1) is 25.2 Å². The number of furan rings is 1. The Labute approximate surface area is 135 Å². The number of hydrogen-bond acceptors (Lipinski definition) is 5. The highest BCUT2D eigenvalue weighted by Gasteiger charge is 2.18. The summed E-state index contributed by atoms with van der Waals surface area (Å²) in [5, 5.41) is 19.1. The molecule has 23 heavy (non-hydrogen) atoms. The summed E-state index contributed by atoms with van der Waals surface area (Å²) in [6.45, 7) is 7.69. The van der Waals surface area contributed by atoms with Crippen LogP contribution < -0.4 is 10.6 Å². The standard InChI is InChI=1S/C16H21N5O2/c1-10-13(4)23-16(14(10)8-17)20-15(22)9-18-11(2)12(3)21-7-5-6-19-21/h5-7,11-12,18H,9H2,1-4H3,(H,20,22). The van der Waals surface area contributed by atoms with Gasteiger partial charge in [0.25, 0.3) is 0 Å². The minimum Gasteiger partial charge on any atom is -0.444 e. The summed E-state index contributed by atoms with van der Waals surface area (Å²) in [7, 11) is 0. The van der Waals surface area contributed by atoms with E-state index in [9.17, 15) is 4.79 Å². The van der Waals surface area contributed by atoms with Crippen LogP contribution in [0.15, 0.2) is 22.9 Å². The van der Waals surface area contributed by atoms with Crippen molar-refractivity contribution in [1.82, 2.24) is 15.1 Å². The summed E-state index contributed by atoms with van der Waals surface area (Å²) in [5.74, 6) is 0.585. The van der Waals surface area contributed by atoms with Gasteiger partial charge in [-0.1, -0.05) is 0 Å². The third-order valence-electron chi connectivity index (χ3n) is 4.00. The molecular formula is C16H21N5O2. The summed E-state index contributed by atoms with van der Waals surface area (Å²) >= 11 is 0. The Morgan fingerprint density at radius 3 is 2.83 bits per heavy atom. The number of aryl methyl sites for hydroxylation is 1. The number of carbonyl (C=O) groups excluding carboxylic acids is 1. The molecule has 7 heteroatoms. The number of nitrogens with one attached hydrogen (secondary N) is 2. The van der Waals surface area contributed by atoms with Gasteiger partial charge in [0.05, 0.1) is 12.6 Å². The lowest BCUT2D eigenvalue weighted by atomic mass is 10.1. The molecule has 2 unspecified atom stereocenters. The maximum absolute atomic E-state index is 12.0. The van der Waals surface area contributed by atoms with Crippen LogP contribution in [0.3, 0.4) is 0 Å². The normalized spacial score (nSPS) is 13.3. The van der Waals surface area contributed by atoms with E-state index in [-0.39, 0.29) is 30.4 Å². The molecule has 0 aliphatic rings. The molecule has 2 aromatic rings. The number of nitriles is 1. The molecule has 0 aromatic carbocycles. The molecule has 122 valence electrons. The van der Waals surface area contributed by atoms with Crippen molar-refractivity contribution in [3.8, 4) is 6.07 Å². The van der Waals surface area contributed by atoms with Crippen LogP contribution in [0.4, 0.5) is 5.88 Å². The van der Waals surface area contributed by atoms with Crippen LogP contribution in [0.5, 0.6) is 0 Å². The number of anilines is 1. The molecule has 2 atom stereocenters. The highest BCUT2D eigenvalue weighted by atomic mass is 16.4. The molecule has 2 aromatic heterocycles. The van der Waals surface area contributed by atoms with Crippen molar-refractivity contribution >= 4 is 11.8 Å². The fraction of sp³-hybridized carbons (Fsp3) is 0.438. The van der Waals surface area contributed by atoms with Crippen molar-refractivity contribution in [3.05, 3.63) is 35.3 Å². The minimum absolute atomic E-state index is 0.0520. The fourth-order valence-electron chi connectivity index (χ4n) is 2.20. The topological polar surface area (TPSA) is 95.9 Å². The zero-order chi connectivity index (χ0) is 17.0. The van der Waals surface area contributed by atoms with E-state index in [4.69, 9.17) is 9.68 Å². The summed E-state index contributed by atoms with van der Waals surface area (Å²) in [6.07, 6.45) is 3.61. The number of carbonyl (C=O) groups is 1. The van der Waals surface area contributed by atoms with Gasteiger partial charge in [0.15, 0.2) is 0 Å². The number of hydrogen-bond donors (Lipinski definition) is 2. The highest BCUT2D eigenvalue weighted by molar-refractivity contribution is 5.92. The molecule has 7 nitrogen and oxygen atoms in total. The van der Waals surface area contributed by atoms with Gasteiger partial charge in [0.1, 0.15) is 17.4 Å². The first kappa shape index (κ1) is 16.8. The number of nitrogens with zero attached hydrogens (tertiary/aromatic N) is 3. The van der Waals surface area contributed by atoms with Gasteiger partial charge in [-0.25, -0.2) is 0 Å². The number of rotatable bonds is 6. The van der Waals surface area contributed by atoms with Crippen molar-refractivity contribution in [3.63, 3.8) is 0 Å². The van der Waals surface area contributed by atoms with E-state index in [1.807, 2.05) is 30.8 Å². The van der Waals surface area contributed by atoms with Crippen molar-refractivity contribution in [2.45, 2.75) is 39.8 Å². The first-order valence-electron chi connectivity index (χ1n) is 7.46. The largest absolute Gasteiger partial charge is 0.444 e. The van der Waals surface area contributed by atoms with Crippen molar-refractivity contribution in [1.29, 1.82) is 5.26 Å². The third-order valence-corrected chi connectivity index (χ3v) is 4.00. The quantitative estimate of drug-likeness (QED) is 0.851. The fourth-order valence-corrected chi connectivity index (χ4v) is 2.20. The molecule has 0 saturated heterocycles. The average molecular weight is 315 g/mol. The van der Waals surface area contributed by atoms with E-state index in [2.05, 4.69) is 21.8 Å². The Kier molecular flexibility index (Phi) is 5.19. The molecule has 2 heterocycles. The van der Waals surface area contributed by atoms with Gasteiger partial charge < -0.3 is 9.73 Å². The third kappa shape index (κ3) is 3.79. The van der Waals surface area contributed by atoms with E-state index in [0.717, 1.165) is 5.56 Å². The van der Waals surface area contributed by atoms with Gasteiger partial charge in [-0.2, -0.15) is 10.4 Å². The first-order chi connectivity index (χ1) is 10.9. The molecule has 0 radical (unpaired) electrons. The Balaban J connectivity index is 1.91. The maximum Gasteiger partial charge on any atom is 0.240 e. The van der Waals surface area contributed by atoms with Crippen molar-refractivity contribution in [2.24, 2.45) is 0 Å². The van der Waals surface area contributed by atoms with E-state index >= 15 is 0 Å². The smallest absolute Gasteiger partial charge is 0.240 e. The second-order valence-corrected chi connectivity index (χ2v) is 5.54. The van der Waals surface area contributed by atoms with E-state index in [0.29, 0.717) is 11.3 Å². The minimum atomic E-state index is -0.255. The summed E-state index contributed by atoms with van der Waals surface area (Å²) in [6, 6.07) is 4.08. The second-order valence-electron chi connectivity index (χ2n) is 5.54. The Morgan fingerprint density at radius 2 is 2.22 bits per heavy atom. The Morgan fingerprint density at radius 1 is 1.48 bits per heavy atom. The molecule has 0 bridgehead atoms. The van der Waals surface area contributed by atoms with Crippen molar-refractivity contribution in [2.75, 3.05) is 11.9 Å². The highest BCUT2D eigenvalue weighted by Crippen LogP contribution is 2.25. The monoisotopic (exact) mass is 315 g/mol. The Bertz CT molecular complexity index is 712. The van der Waals surface area contributed by atoms with Crippen LogP contribution in [-0.4, -0.2) is 28.3 Å². The van der Waals surface area contributed by atoms with Gasteiger partial charge in [-0.3, -0.25) is 14.8 Å². The molecule has 2 N–H and O–H groups in total. The Hall–Kier alpha value is -2.59. The average Bonchev–Trinajstić information content (AvgIpc) is 3.14. The molecular weight excluding hydrogens is 294 g/mol. The lowest BCUT2D eigenvalue weighted by Crippen LogP contribution is -2.39. The molecule has 0 aliphatic heterocycles. The second kappa shape index (κ2) is 7.11. The predicted octanol–water partition coefficient (Wildman–Crippen LogP) is 2.14. The molecule has 0 saturated carbocycles. The van der Waals surface area contributed by atoms with Crippen LogP contribution in [0.25, 0.3) is 0 Å². The molecule has 0 fully saturated rings. The lowest BCUT2D eigenvalue weighted by Gasteiger charge is -2.21. The van der Waals surface area contributed by atoms with Crippen molar-refractivity contribution < 1.29 is 9.21 Å². The molecule has 1 amide bonds. The van der Waals surface area contributed by atoms with Gasteiger partial charge in [-0.15, -0.1) is 0 Å². The van der Waals surface area contributed by atoms with Gasteiger partial charge in [0.2, 0.25) is 11.8 Å². The lowest BCUT2D eigenvalue weighted by molar-refractivity contribution is -0.115. The van der Waals surface area contributed by atoms with E-state index in [1.54, 1.807) is 20.0 Å². The maximum atomic E-state index is 12.0. The van der Waals surface area contributed by atoms with E-state index in [1.165, 1.54) is 0 Å². The van der Waals surface area contributed by atoms with Crippen LogP contribution in [-0.2, 0) is 4.79 Å². The molecule has 0 spiro atoms. The predicted molar refractivity (Wildman–Crippen MR) is 85.9 cm³/mol. The summed E-state index contributed by atoms with van der Waals surface area (Å²) < 4.78 is 7.26. The SMILES string of the molecule is Cc1oc(NC(=O)CNC(C)C(C)n2cccn2)c(C#N)c1C. The number of amides is 1. The van der Waals surface area contributed by atoms with Gasteiger partial charge in [-0.05, 0) is 33.8 Å². The zero-order valence-corrected chi connectivity index (χ0v) is 13.8. The van der Waals surface area contributed by atoms with E-state index < -0.39 is 0 Å². The molecule has 0 aliphatic carbocycles. The molecule has 2 rings (SSSR count). The summed E-state index contributed by atoms with van der Waals surface area (Å²) in [5.41, 5.74) is 1.12. The first-order valence-corrected chi connectivity index (χ1v) is 7.46. The zero-order valence-electron chi connectivity index (χ0n) is 13.8. The summed E-state index contributed by atoms with van der Waals surface area (Å²) in [4.78, 5) is 12.0. The van der Waals surface area contributed by atoms with Crippen LogP contribution >= 0.6 is 0 Å². The number of aromatic nitrogens is 2. The van der Waals surface area contributed by atoms with Crippen LogP contribution in [0.1, 0.15) is 36.8 Å². The van der Waals surface area contributed by atoms with Gasteiger partial charge in [0, 0.05) is 24.0 Å². The van der Waals surface area contributed by atoms with Gasteiger partial charge >= 0.3 is 0 Å².